The van der Waals surface area contributed by atoms with Gasteiger partial charge in [0.25, 0.3) is 5.91 Å². The Labute approximate surface area is 139 Å². The molecule has 1 aromatic rings. The fraction of sp³-hybridized carbons (Fsp3) is 0.533. The van der Waals surface area contributed by atoms with Crippen LogP contribution >= 0.6 is 31.9 Å². The lowest BCUT2D eigenvalue weighted by Crippen LogP contribution is -2.40. The first-order valence-electron chi connectivity index (χ1n) is 6.96. The largest absolute Gasteiger partial charge is 0.351 e. The van der Waals surface area contributed by atoms with Crippen LogP contribution in [0.3, 0.4) is 0 Å². The summed E-state index contributed by atoms with van der Waals surface area (Å²) in [5.41, 5.74) is -0.519. The van der Waals surface area contributed by atoms with Crippen molar-refractivity contribution in [1.82, 2.24) is 5.32 Å². The molecule has 1 aliphatic rings. The summed E-state index contributed by atoms with van der Waals surface area (Å²) in [7, 11) is 0. The second-order valence-corrected chi connectivity index (χ2v) is 7.10. The molecule has 0 bridgehead atoms. The van der Waals surface area contributed by atoms with Gasteiger partial charge in [0, 0.05) is 16.3 Å². The number of carbonyl (C=O) groups excluding carboxylic acids is 1. The standard InChI is InChI=1S/C15H17Br2F2NO/c16-8-15(4-2-1-3-5-15)9-20-14(21)13-11(18)6-10(17)7-12(13)19/h6-7H,1-5,8-9H2,(H,20,21). The van der Waals surface area contributed by atoms with Crippen molar-refractivity contribution < 1.29 is 13.6 Å². The van der Waals surface area contributed by atoms with Crippen LogP contribution in [0, 0.1) is 17.0 Å². The van der Waals surface area contributed by atoms with Crippen LogP contribution in [0.1, 0.15) is 42.5 Å². The van der Waals surface area contributed by atoms with Crippen LogP contribution in [0.4, 0.5) is 8.78 Å². The minimum absolute atomic E-state index is 0.00374. The number of halogens is 4. The summed E-state index contributed by atoms with van der Waals surface area (Å²) in [6.07, 6.45) is 5.50. The highest BCUT2D eigenvalue weighted by Crippen LogP contribution is 2.37. The molecule has 2 nitrogen and oxygen atoms in total. The Hall–Kier alpha value is -0.490. The summed E-state index contributed by atoms with van der Waals surface area (Å²) in [5, 5.41) is 3.48. The summed E-state index contributed by atoms with van der Waals surface area (Å²) < 4.78 is 27.8. The molecule has 21 heavy (non-hydrogen) atoms. The number of nitrogens with one attached hydrogen (secondary N) is 1. The first-order chi connectivity index (χ1) is 9.97. The van der Waals surface area contributed by atoms with Gasteiger partial charge < -0.3 is 5.32 Å². The Morgan fingerprint density at radius 2 is 1.76 bits per heavy atom. The van der Waals surface area contributed by atoms with Gasteiger partial charge in [-0.15, -0.1) is 0 Å². The molecular formula is C15H17Br2F2NO. The molecule has 2 rings (SSSR count). The molecule has 1 N–H and O–H groups in total. The molecule has 0 aromatic heterocycles. The number of hydrogen-bond acceptors (Lipinski definition) is 1. The molecule has 1 saturated carbocycles. The molecule has 1 aliphatic carbocycles. The molecule has 6 heteroatoms. The second-order valence-electron chi connectivity index (χ2n) is 5.62. The van der Waals surface area contributed by atoms with Gasteiger partial charge >= 0.3 is 0 Å². The molecule has 1 aromatic carbocycles. The number of carbonyl (C=O) groups is 1. The number of amides is 1. The second kappa shape index (κ2) is 7.18. The van der Waals surface area contributed by atoms with Crippen LogP contribution < -0.4 is 5.32 Å². The number of rotatable bonds is 4. The van der Waals surface area contributed by atoms with E-state index in [1.54, 1.807) is 0 Å². The molecule has 0 aliphatic heterocycles. The molecule has 116 valence electrons. The Morgan fingerprint density at radius 1 is 1.19 bits per heavy atom. The van der Waals surface area contributed by atoms with Crippen LogP contribution in [0.15, 0.2) is 16.6 Å². The van der Waals surface area contributed by atoms with E-state index in [0.29, 0.717) is 6.54 Å². The maximum absolute atomic E-state index is 13.8. The van der Waals surface area contributed by atoms with Crippen LogP contribution in [-0.2, 0) is 0 Å². The van der Waals surface area contributed by atoms with Gasteiger partial charge in [-0.3, -0.25) is 4.79 Å². The van der Waals surface area contributed by atoms with Gasteiger partial charge in [0.05, 0.1) is 0 Å². The van der Waals surface area contributed by atoms with Crippen LogP contribution in [-0.4, -0.2) is 17.8 Å². The first-order valence-corrected chi connectivity index (χ1v) is 8.88. The lowest BCUT2D eigenvalue weighted by Gasteiger charge is -2.35. The zero-order valence-electron chi connectivity index (χ0n) is 11.5. The third-order valence-corrected chi connectivity index (χ3v) is 5.70. The van der Waals surface area contributed by atoms with E-state index in [1.165, 1.54) is 6.42 Å². The average molecular weight is 425 g/mol. The molecule has 0 atom stereocenters. The summed E-state index contributed by atoms with van der Waals surface area (Å²) in [4.78, 5) is 12.1. The highest BCUT2D eigenvalue weighted by molar-refractivity contribution is 9.10. The van der Waals surface area contributed by atoms with E-state index in [1.807, 2.05) is 0 Å². The quantitative estimate of drug-likeness (QED) is 0.691. The minimum Gasteiger partial charge on any atom is -0.351 e. The molecule has 0 saturated heterocycles. The Balaban J connectivity index is 2.08. The van der Waals surface area contributed by atoms with Crippen molar-refractivity contribution in [3.05, 3.63) is 33.8 Å². The molecule has 0 spiro atoms. The third-order valence-electron chi connectivity index (χ3n) is 4.06. The topological polar surface area (TPSA) is 29.1 Å². The van der Waals surface area contributed by atoms with Crippen molar-refractivity contribution in [3.8, 4) is 0 Å². The monoisotopic (exact) mass is 423 g/mol. The molecule has 0 unspecified atom stereocenters. The number of hydrogen-bond donors (Lipinski definition) is 1. The molecule has 1 amide bonds. The minimum atomic E-state index is -0.851. The summed E-state index contributed by atoms with van der Waals surface area (Å²) in [6.45, 7) is 0.437. The summed E-state index contributed by atoms with van der Waals surface area (Å²) >= 11 is 6.51. The van der Waals surface area contributed by atoms with Gasteiger partial charge in [0.15, 0.2) is 0 Å². The molecule has 0 heterocycles. The van der Waals surface area contributed by atoms with E-state index in [9.17, 15) is 13.6 Å². The van der Waals surface area contributed by atoms with Crippen LogP contribution in [0.25, 0.3) is 0 Å². The predicted molar refractivity (Wildman–Crippen MR) is 85.7 cm³/mol. The first kappa shape index (κ1) is 16.9. The Bertz CT molecular complexity index is 507. The lowest BCUT2D eigenvalue weighted by molar-refractivity contribution is 0.0913. The van der Waals surface area contributed by atoms with E-state index in [-0.39, 0.29) is 9.89 Å². The van der Waals surface area contributed by atoms with Crippen molar-refractivity contribution in [2.24, 2.45) is 5.41 Å². The zero-order valence-corrected chi connectivity index (χ0v) is 14.7. The molecular weight excluding hydrogens is 408 g/mol. The Kier molecular flexibility index (Phi) is 5.77. The van der Waals surface area contributed by atoms with Crippen LogP contribution in [0.5, 0.6) is 0 Å². The highest BCUT2D eigenvalue weighted by Gasteiger charge is 2.32. The van der Waals surface area contributed by atoms with Gasteiger partial charge in [-0.1, -0.05) is 51.1 Å². The van der Waals surface area contributed by atoms with Gasteiger partial charge in [-0.25, -0.2) is 8.78 Å². The van der Waals surface area contributed by atoms with Crippen molar-refractivity contribution in [2.75, 3.05) is 11.9 Å². The van der Waals surface area contributed by atoms with Crippen LogP contribution in [0.2, 0.25) is 0 Å². The number of alkyl halides is 1. The van der Waals surface area contributed by atoms with Crippen molar-refractivity contribution in [2.45, 2.75) is 32.1 Å². The summed E-state index contributed by atoms with van der Waals surface area (Å²) in [6, 6.07) is 2.19. The molecule has 1 fully saturated rings. The highest BCUT2D eigenvalue weighted by atomic mass is 79.9. The van der Waals surface area contributed by atoms with E-state index < -0.39 is 23.1 Å². The maximum Gasteiger partial charge on any atom is 0.257 e. The van der Waals surface area contributed by atoms with Crippen molar-refractivity contribution >= 4 is 37.8 Å². The van der Waals surface area contributed by atoms with Crippen molar-refractivity contribution in [3.63, 3.8) is 0 Å². The normalized spacial score (nSPS) is 17.5. The van der Waals surface area contributed by atoms with E-state index >= 15 is 0 Å². The molecule has 0 radical (unpaired) electrons. The third kappa shape index (κ3) is 4.03. The zero-order chi connectivity index (χ0) is 15.5. The van der Waals surface area contributed by atoms with E-state index in [2.05, 4.69) is 37.2 Å². The number of benzene rings is 1. The average Bonchev–Trinajstić information content (AvgIpc) is 2.45. The summed E-state index contributed by atoms with van der Waals surface area (Å²) in [5.74, 6) is -2.39. The predicted octanol–water partition coefficient (Wildman–Crippen LogP) is 4.80. The van der Waals surface area contributed by atoms with Gasteiger partial charge in [-0.2, -0.15) is 0 Å². The van der Waals surface area contributed by atoms with Crippen molar-refractivity contribution in [1.29, 1.82) is 0 Å². The fourth-order valence-corrected chi connectivity index (χ4v) is 3.94. The van der Waals surface area contributed by atoms with E-state index in [0.717, 1.165) is 43.1 Å². The van der Waals surface area contributed by atoms with E-state index in [4.69, 9.17) is 0 Å². The fourth-order valence-electron chi connectivity index (χ4n) is 2.77. The van der Waals surface area contributed by atoms with Gasteiger partial charge in [-0.05, 0) is 30.4 Å². The van der Waals surface area contributed by atoms with Gasteiger partial charge in [0.1, 0.15) is 17.2 Å². The smallest absolute Gasteiger partial charge is 0.257 e. The Morgan fingerprint density at radius 3 is 2.29 bits per heavy atom. The SMILES string of the molecule is O=C(NCC1(CBr)CCCCC1)c1c(F)cc(Br)cc1F. The lowest BCUT2D eigenvalue weighted by atomic mass is 9.75. The maximum atomic E-state index is 13.8. The van der Waals surface area contributed by atoms with Gasteiger partial charge in [0.2, 0.25) is 0 Å².